The molecule has 2 rings (SSSR count). The quantitative estimate of drug-likeness (QED) is 0.805. The predicted octanol–water partition coefficient (Wildman–Crippen LogP) is 2.83. The number of anilines is 2. The molecule has 0 aromatic heterocycles. The lowest BCUT2D eigenvalue weighted by Crippen LogP contribution is -2.12. The summed E-state index contributed by atoms with van der Waals surface area (Å²) in [5, 5.41) is 14.0. The van der Waals surface area contributed by atoms with Crippen molar-refractivity contribution in [1.82, 2.24) is 0 Å². The number of benzene rings is 2. The zero-order valence-corrected chi connectivity index (χ0v) is 14.3. The standard InChI is InChI=1S/C19H17N3O4/c1-12(23)21-17-7-16(8-18(9-17)22-13(2)24)19(25)26-11-15-5-3-4-14(6-15)10-20/h3-9H,11H2,1-2H3,(H,21,23)(H,22,24). The van der Waals surface area contributed by atoms with E-state index in [1.807, 2.05) is 6.07 Å². The highest BCUT2D eigenvalue weighted by molar-refractivity contribution is 5.97. The third-order valence-corrected chi connectivity index (χ3v) is 3.24. The normalized spacial score (nSPS) is 9.73. The van der Waals surface area contributed by atoms with Crippen molar-refractivity contribution in [3.8, 4) is 6.07 Å². The Bertz CT molecular complexity index is 866. The molecule has 0 atom stereocenters. The van der Waals surface area contributed by atoms with Gasteiger partial charge < -0.3 is 15.4 Å². The molecule has 2 amide bonds. The van der Waals surface area contributed by atoms with Crippen LogP contribution in [0, 0.1) is 11.3 Å². The van der Waals surface area contributed by atoms with Crippen LogP contribution in [-0.2, 0) is 20.9 Å². The summed E-state index contributed by atoms with van der Waals surface area (Å²) in [7, 11) is 0. The molecule has 0 aliphatic heterocycles. The van der Waals surface area contributed by atoms with Crippen LogP contribution in [0.2, 0.25) is 0 Å². The Hall–Kier alpha value is -3.66. The van der Waals surface area contributed by atoms with Gasteiger partial charge in [0.25, 0.3) is 0 Å². The van der Waals surface area contributed by atoms with E-state index in [0.717, 1.165) is 0 Å². The molecule has 0 bridgehead atoms. The molecule has 26 heavy (non-hydrogen) atoms. The molecule has 0 saturated carbocycles. The van der Waals surface area contributed by atoms with Crippen LogP contribution in [0.5, 0.6) is 0 Å². The Labute approximate surface area is 150 Å². The largest absolute Gasteiger partial charge is 0.457 e. The number of ether oxygens (including phenoxy) is 1. The molecule has 132 valence electrons. The van der Waals surface area contributed by atoms with Gasteiger partial charge in [-0.05, 0) is 35.9 Å². The van der Waals surface area contributed by atoms with Crippen molar-refractivity contribution in [3.63, 3.8) is 0 Å². The van der Waals surface area contributed by atoms with Crippen molar-refractivity contribution >= 4 is 29.2 Å². The van der Waals surface area contributed by atoms with Crippen molar-refractivity contribution in [1.29, 1.82) is 5.26 Å². The Morgan fingerprint density at radius 2 is 1.62 bits per heavy atom. The second-order valence-corrected chi connectivity index (χ2v) is 5.55. The number of esters is 1. The van der Waals surface area contributed by atoms with Crippen molar-refractivity contribution in [2.45, 2.75) is 20.5 Å². The molecular formula is C19H17N3O4. The summed E-state index contributed by atoms with van der Waals surface area (Å²) in [5.41, 5.74) is 2.05. The van der Waals surface area contributed by atoms with Crippen LogP contribution < -0.4 is 10.6 Å². The molecule has 0 aliphatic rings. The Morgan fingerprint density at radius 1 is 1.00 bits per heavy atom. The second-order valence-electron chi connectivity index (χ2n) is 5.55. The summed E-state index contributed by atoms with van der Waals surface area (Å²) in [6.07, 6.45) is 0. The molecule has 0 heterocycles. The highest BCUT2D eigenvalue weighted by Crippen LogP contribution is 2.20. The number of hydrogen-bond donors (Lipinski definition) is 2. The number of carbonyl (C=O) groups is 3. The average Bonchev–Trinajstić information content (AvgIpc) is 2.58. The topological polar surface area (TPSA) is 108 Å². The summed E-state index contributed by atoms with van der Waals surface area (Å²) in [6.45, 7) is 2.67. The first-order chi connectivity index (χ1) is 12.4. The van der Waals surface area contributed by atoms with Crippen LogP contribution in [-0.4, -0.2) is 17.8 Å². The van der Waals surface area contributed by atoms with Crippen LogP contribution in [0.1, 0.15) is 35.3 Å². The maximum atomic E-state index is 12.3. The maximum absolute atomic E-state index is 12.3. The number of nitrogens with one attached hydrogen (secondary N) is 2. The fourth-order valence-electron chi connectivity index (χ4n) is 2.26. The smallest absolute Gasteiger partial charge is 0.338 e. The summed E-state index contributed by atoms with van der Waals surface area (Å²) >= 11 is 0. The first-order valence-corrected chi connectivity index (χ1v) is 7.74. The van der Waals surface area contributed by atoms with Crippen LogP contribution >= 0.6 is 0 Å². The van der Waals surface area contributed by atoms with E-state index < -0.39 is 5.97 Å². The number of carbonyl (C=O) groups excluding carboxylic acids is 3. The fourth-order valence-corrected chi connectivity index (χ4v) is 2.26. The van der Waals surface area contributed by atoms with Gasteiger partial charge in [0.2, 0.25) is 11.8 Å². The second kappa shape index (κ2) is 8.44. The first kappa shape index (κ1) is 18.7. The van der Waals surface area contributed by atoms with Gasteiger partial charge in [-0.3, -0.25) is 9.59 Å². The van der Waals surface area contributed by atoms with Crippen molar-refractivity contribution in [2.75, 3.05) is 10.6 Å². The minimum atomic E-state index is -0.619. The summed E-state index contributed by atoms with van der Waals surface area (Å²) in [5.74, 6) is -1.23. The summed E-state index contributed by atoms with van der Waals surface area (Å²) in [4.78, 5) is 34.9. The van der Waals surface area contributed by atoms with E-state index >= 15 is 0 Å². The van der Waals surface area contributed by atoms with Gasteiger partial charge in [0.05, 0.1) is 17.2 Å². The lowest BCUT2D eigenvalue weighted by Gasteiger charge is -2.11. The Kier molecular flexibility index (Phi) is 6.06. The van der Waals surface area contributed by atoms with Gasteiger partial charge in [-0.25, -0.2) is 4.79 Å². The lowest BCUT2D eigenvalue weighted by atomic mass is 10.1. The van der Waals surface area contributed by atoms with E-state index in [9.17, 15) is 14.4 Å². The molecule has 2 aromatic rings. The molecule has 2 N–H and O–H groups in total. The van der Waals surface area contributed by atoms with Crippen LogP contribution in [0.3, 0.4) is 0 Å². The van der Waals surface area contributed by atoms with Gasteiger partial charge >= 0.3 is 5.97 Å². The van der Waals surface area contributed by atoms with Gasteiger partial charge in [0.1, 0.15) is 6.61 Å². The highest BCUT2D eigenvalue weighted by Gasteiger charge is 2.12. The molecular weight excluding hydrogens is 334 g/mol. The van der Waals surface area contributed by atoms with Crippen LogP contribution in [0.25, 0.3) is 0 Å². The van der Waals surface area contributed by atoms with E-state index in [4.69, 9.17) is 10.00 Å². The van der Waals surface area contributed by atoms with Crippen LogP contribution in [0.15, 0.2) is 42.5 Å². The predicted molar refractivity (Wildman–Crippen MR) is 95.3 cm³/mol. The highest BCUT2D eigenvalue weighted by atomic mass is 16.5. The van der Waals surface area contributed by atoms with Gasteiger partial charge in [-0.2, -0.15) is 5.26 Å². The van der Waals surface area contributed by atoms with E-state index in [1.54, 1.807) is 24.3 Å². The monoisotopic (exact) mass is 351 g/mol. The SMILES string of the molecule is CC(=O)Nc1cc(NC(C)=O)cc(C(=O)OCc2cccc(C#N)c2)c1. The fraction of sp³-hybridized carbons (Fsp3) is 0.158. The molecule has 2 aromatic carbocycles. The minimum absolute atomic E-state index is 0.00577. The molecule has 0 spiro atoms. The number of nitriles is 1. The maximum Gasteiger partial charge on any atom is 0.338 e. The zero-order valence-electron chi connectivity index (χ0n) is 14.3. The van der Waals surface area contributed by atoms with Gasteiger partial charge in [0, 0.05) is 25.2 Å². The first-order valence-electron chi connectivity index (χ1n) is 7.74. The third kappa shape index (κ3) is 5.46. The van der Waals surface area contributed by atoms with Crippen LogP contribution in [0.4, 0.5) is 11.4 Å². The van der Waals surface area contributed by atoms with Crippen molar-refractivity contribution in [2.24, 2.45) is 0 Å². The number of hydrogen-bond acceptors (Lipinski definition) is 5. The minimum Gasteiger partial charge on any atom is -0.457 e. The molecule has 0 unspecified atom stereocenters. The van der Waals surface area contributed by atoms with E-state index in [2.05, 4.69) is 10.6 Å². The van der Waals surface area contributed by atoms with E-state index in [-0.39, 0.29) is 24.0 Å². The number of nitrogens with zero attached hydrogens (tertiary/aromatic N) is 1. The number of rotatable bonds is 5. The summed E-state index contributed by atoms with van der Waals surface area (Å²) in [6, 6.07) is 13.2. The van der Waals surface area contributed by atoms with E-state index in [0.29, 0.717) is 22.5 Å². The molecule has 0 aliphatic carbocycles. The lowest BCUT2D eigenvalue weighted by molar-refractivity contribution is -0.115. The zero-order chi connectivity index (χ0) is 19.1. The molecule has 7 nitrogen and oxygen atoms in total. The Balaban J connectivity index is 2.19. The van der Waals surface area contributed by atoms with Crippen molar-refractivity contribution < 1.29 is 19.1 Å². The molecule has 0 radical (unpaired) electrons. The third-order valence-electron chi connectivity index (χ3n) is 3.24. The summed E-state index contributed by atoms with van der Waals surface area (Å²) < 4.78 is 5.26. The molecule has 0 fully saturated rings. The number of amides is 2. The average molecular weight is 351 g/mol. The van der Waals surface area contributed by atoms with Crippen molar-refractivity contribution in [3.05, 3.63) is 59.2 Å². The van der Waals surface area contributed by atoms with Gasteiger partial charge in [-0.15, -0.1) is 0 Å². The molecule has 0 saturated heterocycles. The Morgan fingerprint density at radius 3 is 2.15 bits per heavy atom. The van der Waals surface area contributed by atoms with Gasteiger partial charge in [-0.1, -0.05) is 12.1 Å². The molecule has 7 heteroatoms. The van der Waals surface area contributed by atoms with Gasteiger partial charge in [0.15, 0.2) is 0 Å². The van der Waals surface area contributed by atoms with E-state index in [1.165, 1.54) is 32.0 Å².